The zero-order valence-corrected chi connectivity index (χ0v) is 14.4. The highest BCUT2D eigenvalue weighted by Gasteiger charge is 2.39. The van der Waals surface area contributed by atoms with Crippen LogP contribution in [0, 0.1) is 11.8 Å². The Bertz CT molecular complexity index is 738. The van der Waals surface area contributed by atoms with Gasteiger partial charge in [0.15, 0.2) is 5.60 Å². The van der Waals surface area contributed by atoms with E-state index in [1.54, 1.807) is 4.90 Å². The van der Waals surface area contributed by atoms with Crippen LogP contribution in [0.4, 0.5) is 0 Å². The predicted octanol–water partition coefficient (Wildman–Crippen LogP) is -1.02. The van der Waals surface area contributed by atoms with Crippen molar-refractivity contribution in [3.05, 3.63) is 59.7 Å². The predicted molar refractivity (Wildman–Crippen MR) is 92.1 cm³/mol. The van der Waals surface area contributed by atoms with Crippen LogP contribution in [0.15, 0.2) is 48.5 Å². The van der Waals surface area contributed by atoms with Gasteiger partial charge in [0.1, 0.15) is 6.54 Å². The molecule has 0 atom stereocenters. The molecule has 0 saturated carbocycles. The van der Waals surface area contributed by atoms with E-state index in [2.05, 4.69) is 24.0 Å². The van der Waals surface area contributed by atoms with Crippen LogP contribution in [-0.4, -0.2) is 24.7 Å². The van der Waals surface area contributed by atoms with Crippen molar-refractivity contribution in [2.24, 2.45) is 0 Å². The van der Waals surface area contributed by atoms with Crippen molar-refractivity contribution >= 4 is 0 Å². The Hall–Kier alpha value is -1.79. The van der Waals surface area contributed by atoms with Crippen LogP contribution in [0.3, 0.4) is 0 Å². The molecule has 0 radical (unpaired) electrons. The number of piperidine rings is 1. The lowest BCUT2D eigenvalue weighted by atomic mass is 9.92. The first-order chi connectivity index (χ1) is 11.3. The second kappa shape index (κ2) is 6.99. The zero-order valence-electron chi connectivity index (χ0n) is 13.7. The van der Waals surface area contributed by atoms with Crippen LogP contribution in [-0.2, 0) is 5.60 Å². The third-order valence-electron chi connectivity index (χ3n) is 5.09. The molecule has 1 heterocycles. The Kier molecular flexibility index (Phi) is 4.96. The molecular formula is C21H22ClNO. The molecule has 0 aromatic heterocycles. The molecule has 1 aliphatic heterocycles. The van der Waals surface area contributed by atoms with Gasteiger partial charge in [-0.2, -0.15) is 0 Å². The normalized spacial score (nSPS) is 17.9. The molecule has 3 heteroatoms. The number of rotatable bonds is 1. The summed E-state index contributed by atoms with van der Waals surface area (Å²) in [4.78, 5) is 1.55. The summed E-state index contributed by atoms with van der Waals surface area (Å²) in [5, 5.41) is 11.3. The summed E-state index contributed by atoms with van der Waals surface area (Å²) in [7, 11) is 0. The van der Waals surface area contributed by atoms with Crippen molar-refractivity contribution in [3.8, 4) is 23.0 Å². The van der Waals surface area contributed by atoms with Gasteiger partial charge >= 0.3 is 0 Å². The van der Waals surface area contributed by atoms with E-state index < -0.39 is 5.60 Å². The second-order valence-electron chi connectivity index (χ2n) is 6.59. The van der Waals surface area contributed by atoms with E-state index in [0.717, 1.165) is 28.8 Å². The van der Waals surface area contributed by atoms with Crippen LogP contribution in [0.25, 0.3) is 11.1 Å². The molecule has 2 N–H and O–H groups in total. The lowest BCUT2D eigenvalue weighted by Gasteiger charge is -2.22. The fourth-order valence-electron chi connectivity index (χ4n) is 3.87. The first-order valence-electron chi connectivity index (χ1n) is 8.54. The Balaban J connectivity index is 0.00000169. The average molecular weight is 340 g/mol. The molecule has 0 bridgehead atoms. The number of hydrogen-bond acceptors (Lipinski definition) is 1. The molecule has 0 amide bonds. The largest absolute Gasteiger partial charge is 1.00 e. The van der Waals surface area contributed by atoms with Crippen LogP contribution in [0.5, 0.6) is 0 Å². The summed E-state index contributed by atoms with van der Waals surface area (Å²) >= 11 is 0. The minimum atomic E-state index is -1.16. The molecule has 1 aliphatic carbocycles. The van der Waals surface area contributed by atoms with E-state index in [-0.39, 0.29) is 12.4 Å². The maximum Gasteiger partial charge on any atom is 0.178 e. The monoisotopic (exact) mass is 339 g/mol. The summed E-state index contributed by atoms with van der Waals surface area (Å²) in [5.74, 6) is 6.48. The molecule has 24 heavy (non-hydrogen) atoms. The van der Waals surface area contributed by atoms with E-state index in [1.165, 1.54) is 32.4 Å². The van der Waals surface area contributed by atoms with Gasteiger partial charge in [-0.25, -0.2) is 0 Å². The highest BCUT2D eigenvalue weighted by Crippen LogP contribution is 2.46. The molecule has 4 rings (SSSR count). The summed E-state index contributed by atoms with van der Waals surface area (Å²) in [6, 6.07) is 16.1. The summed E-state index contributed by atoms with van der Waals surface area (Å²) < 4.78 is 0. The smallest absolute Gasteiger partial charge is 0.178 e. The van der Waals surface area contributed by atoms with E-state index in [4.69, 9.17) is 0 Å². The van der Waals surface area contributed by atoms with Gasteiger partial charge < -0.3 is 22.4 Å². The topological polar surface area (TPSA) is 24.7 Å². The fourth-order valence-corrected chi connectivity index (χ4v) is 3.87. The molecule has 2 aromatic rings. The van der Waals surface area contributed by atoms with Crippen molar-refractivity contribution in [2.45, 2.75) is 24.9 Å². The highest BCUT2D eigenvalue weighted by atomic mass is 35.5. The third kappa shape index (κ3) is 2.84. The number of benzene rings is 2. The average Bonchev–Trinajstić information content (AvgIpc) is 2.86. The quantitative estimate of drug-likeness (QED) is 0.639. The fraction of sp³-hybridized carbons (Fsp3) is 0.333. The van der Waals surface area contributed by atoms with E-state index in [1.807, 2.05) is 36.4 Å². The Labute approximate surface area is 149 Å². The summed E-state index contributed by atoms with van der Waals surface area (Å²) in [6.45, 7) is 3.24. The van der Waals surface area contributed by atoms with Gasteiger partial charge in [0.25, 0.3) is 0 Å². The molecular weight excluding hydrogens is 318 g/mol. The standard InChI is InChI=1S/C21H21NO.ClH/c23-21(13-8-16-22-14-6-1-7-15-22)19-11-4-2-9-17(19)18-10-3-5-12-20(18)21;/h2-5,9-12,23H,1,6-7,14-16H2;1H. The van der Waals surface area contributed by atoms with Crippen molar-refractivity contribution in [2.75, 3.05) is 19.6 Å². The van der Waals surface area contributed by atoms with Gasteiger partial charge in [-0.1, -0.05) is 54.5 Å². The van der Waals surface area contributed by atoms with Crippen molar-refractivity contribution in [1.82, 2.24) is 0 Å². The van der Waals surface area contributed by atoms with Crippen LogP contribution in [0.2, 0.25) is 0 Å². The molecule has 0 unspecified atom stereocenters. The molecule has 2 aromatic carbocycles. The molecule has 0 spiro atoms. The number of fused-ring (bicyclic) bond motifs is 3. The summed E-state index contributed by atoms with van der Waals surface area (Å²) in [6.07, 6.45) is 3.95. The number of aliphatic hydroxyl groups is 1. The third-order valence-corrected chi connectivity index (χ3v) is 5.09. The lowest BCUT2D eigenvalue weighted by Crippen LogP contribution is -3.12. The van der Waals surface area contributed by atoms with Crippen molar-refractivity contribution in [1.29, 1.82) is 0 Å². The number of hydrogen-bond donors (Lipinski definition) is 2. The van der Waals surface area contributed by atoms with E-state index in [0.29, 0.717) is 0 Å². The maximum absolute atomic E-state index is 11.3. The van der Waals surface area contributed by atoms with Gasteiger partial charge in [-0.3, -0.25) is 0 Å². The van der Waals surface area contributed by atoms with Gasteiger partial charge in [0.05, 0.1) is 13.1 Å². The van der Waals surface area contributed by atoms with Crippen LogP contribution < -0.4 is 17.3 Å². The van der Waals surface area contributed by atoms with Crippen molar-refractivity contribution < 1.29 is 22.4 Å². The Morgan fingerprint density at radius 1 is 0.875 bits per heavy atom. The first kappa shape index (κ1) is 17.0. The molecule has 1 fully saturated rings. The summed E-state index contributed by atoms with van der Waals surface area (Å²) in [5.41, 5.74) is 2.88. The first-order valence-corrected chi connectivity index (χ1v) is 8.54. The zero-order chi connectivity index (χ0) is 15.7. The maximum atomic E-state index is 11.3. The number of halogens is 1. The van der Waals surface area contributed by atoms with Gasteiger partial charge in [-0.05, 0) is 36.3 Å². The van der Waals surface area contributed by atoms with E-state index >= 15 is 0 Å². The molecule has 1 saturated heterocycles. The number of nitrogens with one attached hydrogen (secondary N) is 1. The minimum Gasteiger partial charge on any atom is -1.00 e. The van der Waals surface area contributed by atoms with Crippen LogP contribution >= 0.6 is 0 Å². The van der Waals surface area contributed by atoms with Gasteiger partial charge in [0.2, 0.25) is 0 Å². The minimum absolute atomic E-state index is 0. The lowest BCUT2D eigenvalue weighted by molar-refractivity contribution is -0.897. The van der Waals surface area contributed by atoms with Crippen LogP contribution in [0.1, 0.15) is 30.4 Å². The highest BCUT2D eigenvalue weighted by molar-refractivity contribution is 5.81. The number of likely N-dealkylation sites (tertiary alicyclic amines) is 1. The van der Waals surface area contributed by atoms with Crippen molar-refractivity contribution in [3.63, 3.8) is 0 Å². The second-order valence-corrected chi connectivity index (χ2v) is 6.59. The Morgan fingerprint density at radius 3 is 2.00 bits per heavy atom. The Morgan fingerprint density at radius 2 is 1.42 bits per heavy atom. The number of quaternary nitrogens is 1. The van der Waals surface area contributed by atoms with E-state index in [9.17, 15) is 5.11 Å². The SMILES string of the molecule is OC1(C#CC[NH+]2CCCCC2)c2ccccc2-c2ccccc21.[Cl-]. The van der Waals surface area contributed by atoms with Gasteiger partial charge in [0, 0.05) is 11.1 Å². The molecule has 2 aliphatic rings. The van der Waals surface area contributed by atoms with Gasteiger partial charge in [-0.15, -0.1) is 0 Å². The molecule has 2 nitrogen and oxygen atoms in total. The molecule has 124 valence electrons.